The Balaban J connectivity index is 2.30. The number of pyridine rings is 1. The molecular formula is C14H8BrCl3N4. The third-order valence-electron chi connectivity index (χ3n) is 2.74. The topological polar surface area (TPSA) is 61.1 Å². The number of benzene rings is 1. The highest BCUT2D eigenvalue weighted by molar-refractivity contribution is 9.10. The second kappa shape index (κ2) is 7.30. The molecule has 0 atom stereocenters. The van der Waals surface area contributed by atoms with Crippen molar-refractivity contribution in [1.82, 2.24) is 4.98 Å². The molecule has 4 nitrogen and oxygen atoms in total. The molecule has 22 heavy (non-hydrogen) atoms. The molecule has 0 saturated carbocycles. The number of hydrogen-bond acceptors (Lipinski definition) is 4. The molecule has 0 aliphatic heterocycles. The van der Waals surface area contributed by atoms with Gasteiger partial charge in [-0.15, -0.1) is 0 Å². The summed E-state index contributed by atoms with van der Waals surface area (Å²) in [4.78, 5) is 3.98. The van der Waals surface area contributed by atoms with E-state index in [1.807, 2.05) is 37.3 Å². The number of anilines is 1. The first-order valence-corrected chi connectivity index (χ1v) is 7.87. The Morgan fingerprint density at radius 1 is 1.23 bits per heavy atom. The van der Waals surface area contributed by atoms with Gasteiger partial charge in [-0.1, -0.05) is 62.9 Å². The molecule has 1 aromatic heterocycles. The number of nitrogens with zero attached hydrogens (tertiary/aromatic N) is 3. The molecule has 8 heteroatoms. The van der Waals surface area contributed by atoms with Crippen LogP contribution in [0.5, 0.6) is 0 Å². The van der Waals surface area contributed by atoms with Crippen LogP contribution >= 0.6 is 50.7 Å². The van der Waals surface area contributed by atoms with Gasteiger partial charge in [0, 0.05) is 4.47 Å². The summed E-state index contributed by atoms with van der Waals surface area (Å²) in [6.45, 7) is 1.83. The van der Waals surface area contributed by atoms with Gasteiger partial charge in [0.1, 0.15) is 16.7 Å². The van der Waals surface area contributed by atoms with Crippen molar-refractivity contribution in [1.29, 1.82) is 5.26 Å². The Kier molecular flexibility index (Phi) is 5.65. The number of aromatic nitrogens is 1. The lowest BCUT2D eigenvalue weighted by atomic mass is 10.1. The molecule has 0 aliphatic rings. The van der Waals surface area contributed by atoms with Crippen molar-refractivity contribution < 1.29 is 0 Å². The van der Waals surface area contributed by atoms with Crippen LogP contribution < -0.4 is 5.43 Å². The van der Waals surface area contributed by atoms with Gasteiger partial charge in [0.2, 0.25) is 0 Å². The number of rotatable bonds is 3. The summed E-state index contributed by atoms with van der Waals surface area (Å²) in [5, 5.41) is 13.2. The second-order valence-corrected chi connectivity index (χ2v) is 6.21. The fraction of sp³-hybridized carbons (Fsp3) is 0.0714. The van der Waals surface area contributed by atoms with Gasteiger partial charge < -0.3 is 0 Å². The molecule has 0 aliphatic carbocycles. The first kappa shape index (κ1) is 17.0. The van der Waals surface area contributed by atoms with E-state index in [9.17, 15) is 0 Å². The first-order valence-electron chi connectivity index (χ1n) is 5.95. The highest BCUT2D eigenvalue weighted by atomic mass is 79.9. The van der Waals surface area contributed by atoms with Gasteiger partial charge in [0.05, 0.1) is 10.7 Å². The number of hydrogen-bond donors (Lipinski definition) is 1. The Labute approximate surface area is 150 Å². The van der Waals surface area contributed by atoms with Crippen molar-refractivity contribution in [3.05, 3.63) is 55.1 Å². The van der Waals surface area contributed by atoms with Crippen molar-refractivity contribution in [2.24, 2.45) is 5.10 Å². The van der Waals surface area contributed by atoms with E-state index in [2.05, 4.69) is 31.4 Å². The summed E-state index contributed by atoms with van der Waals surface area (Å²) in [5.74, 6) is 0.187. The van der Waals surface area contributed by atoms with Crippen LogP contribution in [0.15, 0.2) is 33.8 Å². The summed E-state index contributed by atoms with van der Waals surface area (Å²) in [5.41, 5.74) is 4.40. The third-order valence-corrected chi connectivity index (χ3v) is 4.38. The molecule has 0 amide bonds. The van der Waals surface area contributed by atoms with Gasteiger partial charge >= 0.3 is 0 Å². The maximum absolute atomic E-state index is 8.93. The lowest BCUT2D eigenvalue weighted by Gasteiger charge is -2.08. The van der Waals surface area contributed by atoms with Crippen molar-refractivity contribution in [3.8, 4) is 6.07 Å². The van der Waals surface area contributed by atoms with E-state index < -0.39 is 0 Å². The Morgan fingerprint density at radius 2 is 1.86 bits per heavy atom. The zero-order valence-corrected chi connectivity index (χ0v) is 15.0. The maximum atomic E-state index is 8.93. The van der Waals surface area contributed by atoms with Gasteiger partial charge in [-0.25, -0.2) is 4.98 Å². The standard InChI is InChI=1S/C14H8BrCl3N4/c1-7(8-2-4-9(15)5-3-8)21-22-14-12(17)11(16)10(6-19)13(18)20-14/h2-5H,1H3,(H,20,22). The van der Waals surface area contributed by atoms with E-state index >= 15 is 0 Å². The van der Waals surface area contributed by atoms with Crippen LogP contribution in [0.4, 0.5) is 5.82 Å². The van der Waals surface area contributed by atoms with Gasteiger partial charge in [-0.2, -0.15) is 10.4 Å². The zero-order valence-electron chi connectivity index (χ0n) is 11.2. The predicted molar refractivity (Wildman–Crippen MR) is 94.0 cm³/mol. The molecule has 2 aromatic rings. The fourth-order valence-electron chi connectivity index (χ4n) is 1.57. The van der Waals surface area contributed by atoms with Gasteiger partial charge in [0.25, 0.3) is 0 Å². The monoisotopic (exact) mass is 416 g/mol. The molecule has 0 unspecified atom stereocenters. The smallest absolute Gasteiger partial charge is 0.168 e. The Morgan fingerprint density at radius 3 is 2.45 bits per heavy atom. The third kappa shape index (κ3) is 3.71. The average molecular weight is 419 g/mol. The van der Waals surface area contributed by atoms with Crippen molar-refractivity contribution >= 4 is 62.3 Å². The summed E-state index contributed by atoms with van der Waals surface area (Å²) < 4.78 is 0.979. The summed E-state index contributed by atoms with van der Waals surface area (Å²) >= 11 is 21.3. The maximum Gasteiger partial charge on any atom is 0.168 e. The quantitative estimate of drug-likeness (QED) is 0.406. The number of halogens is 4. The van der Waals surface area contributed by atoms with Crippen LogP contribution in [-0.2, 0) is 0 Å². The molecule has 1 N–H and O–H groups in total. The normalized spacial score (nSPS) is 11.2. The van der Waals surface area contributed by atoms with Crippen LogP contribution in [0.2, 0.25) is 15.2 Å². The van der Waals surface area contributed by atoms with E-state index in [1.54, 1.807) is 0 Å². The fourth-order valence-corrected chi connectivity index (χ4v) is 2.50. The van der Waals surface area contributed by atoms with Gasteiger partial charge in [0.15, 0.2) is 11.0 Å². The van der Waals surface area contributed by atoms with Crippen molar-refractivity contribution in [2.45, 2.75) is 6.92 Å². The minimum absolute atomic E-state index is 0.0316. The summed E-state index contributed by atoms with van der Waals surface area (Å²) in [7, 11) is 0. The molecular weight excluding hydrogens is 410 g/mol. The van der Waals surface area contributed by atoms with Crippen LogP contribution in [-0.4, -0.2) is 10.7 Å². The van der Waals surface area contributed by atoms with E-state index in [4.69, 9.17) is 40.1 Å². The summed E-state index contributed by atoms with van der Waals surface area (Å²) in [6, 6.07) is 9.50. The van der Waals surface area contributed by atoms with E-state index in [0.29, 0.717) is 0 Å². The van der Waals surface area contributed by atoms with E-state index in [-0.39, 0.29) is 26.6 Å². The van der Waals surface area contributed by atoms with Crippen molar-refractivity contribution in [3.63, 3.8) is 0 Å². The molecule has 1 heterocycles. The lowest BCUT2D eigenvalue weighted by molar-refractivity contribution is 1.21. The SMILES string of the molecule is CC(=NNc1nc(Cl)c(C#N)c(Cl)c1Cl)c1ccc(Br)cc1. The minimum atomic E-state index is -0.0316. The molecule has 0 radical (unpaired) electrons. The molecule has 0 fully saturated rings. The number of hydrazone groups is 1. The van der Waals surface area contributed by atoms with Crippen LogP contribution in [0.3, 0.4) is 0 Å². The van der Waals surface area contributed by atoms with Crippen LogP contribution in [0, 0.1) is 11.3 Å². The van der Waals surface area contributed by atoms with Crippen LogP contribution in [0.25, 0.3) is 0 Å². The van der Waals surface area contributed by atoms with E-state index in [1.165, 1.54) is 0 Å². The average Bonchev–Trinajstić information content (AvgIpc) is 2.50. The van der Waals surface area contributed by atoms with Gasteiger partial charge in [-0.3, -0.25) is 5.43 Å². The summed E-state index contributed by atoms with van der Waals surface area (Å²) in [6.07, 6.45) is 0. The molecule has 0 saturated heterocycles. The first-order chi connectivity index (χ1) is 10.4. The number of nitrogens with one attached hydrogen (secondary N) is 1. The molecule has 0 bridgehead atoms. The Hall–Kier alpha value is -1.32. The predicted octanol–water partition coefficient (Wildman–Crippen LogP) is 5.51. The lowest BCUT2D eigenvalue weighted by Crippen LogP contribution is -2.02. The largest absolute Gasteiger partial charge is 0.260 e. The molecule has 0 spiro atoms. The highest BCUT2D eigenvalue weighted by Crippen LogP contribution is 2.34. The zero-order chi connectivity index (χ0) is 16.3. The number of nitriles is 1. The molecule has 112 valence electrons. The van der Waals surface area contributed by atoms with E-state index in [0.717, 1.165) is 15.7 Å². The highest BCUT2D eigenvalue weighted by Gasteiger charge is 2.16. The Bertz CT molecular complexity index is 782. The molecule has 2 rings (SSSR count). The van der Waals surface area contributed by atoms with Crippen molar-refractivity contribution in [2.75, 3.05) is 5.43 Å². The molecule has 1 aromatic carbocycles. The minimum Gasteiger partial charge on any atom is -0.260 e. The van der Waals surface area contributed by atoms with Gasteiger partial charge in [-0.05, 0) is 24.6 Å². The van der Waals surface area contributed by atoms with Crippen LogP contribution in [0.1, 0.15) is 18.1 Å². The second-order valence-electron chi connectivity index (χ2n) is 4.18.